The first-order valence-electron chi connectivity index (χ1n) is 6.33. The maximum Gasteiger partial charge on any atom is 0.0702 e. The number of rotatable bonds is 3. The van der Waals surface area contributed by atoms with Crippen molar-refractivity contribution in [3.05, 3.63) is 0 Å². The molecule has 3 atom stereocenters. The van der Waals surface area contributed by atoms with E-state index in [4.69, 9.17) is 10.5 Å². The summed E-state index contributed by atoms with van der Waals surface area (Å²) in [5.41, 5.74) is 5.81. The van der Waals surface area contributed by atoms with Crippen LogP contribution in [0, 0.1) is 11.8 Å². The van der Waals surface area contributed by atoms with Gasteiger partial charge in [-0.2, -0.15) is 0 Å². The van der Waals surface area contributed by atoms with Crippen LogP contribution in [0.15, 0.2) is 0 Å². The summed E-state index contributed by atoms with van der Waals surface area (Å²) in [5.74, 6) is 1.50. The number of hydrogen-bond acceptors (Lipinski definition) is 3. The number of likely N-dealkylation sites (tertiary alicyclic amines) is 1. The summed E-state index contributed by atoms with van der Waals surface area (Å²) in [4.78, 5) is 2.55. The van der Waals surface area contributed by atoms with Crippen molar-refractivity contribution in [2.45, 2.75) is 32.3 Å². The first-order chi connectivity index (χ1) is 7.29. The highest BCUT2D eigenvalue weighted by Crippen LogP contribution is 2.23. The zero-order chi connectivity index (χ0) is 10.7. The molecule has 0 amide bonds. The minimum Gasteiger partial charge on any atom is -0.377 e. The van der Waals surface area contributed by atoms with E-state index in [1.54, 1.807) is 0 Å². The number of nitrogens with zero attached hydrogens (tertiary/aromatic N) is 1. The number of piperidine rings is 1. The lowest BCUT2D eigenvalue weighted by Gasteiger charge is -2.37. The summed E-state index contributed by atoms with van der Waals surface area (Å²) in [6.45, 7) is 7.68. The standard InChI is InChI=1S/C12H24N2O/c1-10-4-5-14(8-11(10)7-13)9-12-3-2-6-15-12/h10-12H,2-9,13H2,1H3. The molecule has 2 heterocycles. The molecule has 3 heteroatoms. The van der Waals surface area contributed by atoms with E-state index in [-0.39, 0.29) is 0 Å². The van der Waals surface area contributed by atoms with Crippen molar-refractivity contribution in [3.8, 4) is 0 Å². The molecule has 0 bridgehead atoms. The van der Waals surface area contributed by atoms with Crippen LogP contribution in [0.3, 0.4) is 0 Å². The zero-order valence-electron chi connectivity index (χ0n) is 9.82. The van der Waals surface area contributed by atoms with E-state index >= 15 is 0 Å². The van der Waals surface area contributed by atoms with Crippen molar-refractivity contribution < 1.29 is 4.74 Å². The van der Waals surface area contributed by atoms with Gasteiger partial charge in [-0.15, -0.1) is 0 Å². The largest absolute Gasteiger partial charge is 0.377 e. The first kappa shape index (κ1) is 11.4. The molecule has 3 nitrogen and oxygen atoms in total. The van der Waals surface area contributed by atoms with Crippen LogP contribution in [-0.4, -0.2) is 43.8 Å². The predicted molar refractivity (Wildman–Crippen MR) is 61.7 cm³/mol. The minimum atomic E-state index is 0.497. The Morgan fingerprint density at radius 3 is 2.93 bits per heavy atom. The van der Waals surface area contributed by atoms with Gasteiger partial charge < -0.3 is 15.4 Å². The van der Waals surface area contributed by atoms with E-state index in [1.165, 1.54) is 32.4 Å². The van der Waals surface area contributed by atoms with Gasteiger partial charge in [0.2, 0.25) is 0 Å². The normalized spacial score (nSPS) is 38.4. The van der Waals surface area contributed by atoms with Gasteiger partial charge in [0.15, 0.2) is 0 Å². The van der Waals surface area contributed by atoms with E-state index in [0.717, 1.165) is 25.6 Å². The fraction of sp³-hybridized carbons (Fsp3) is 1.00. The van der Waals surface area contributed by atoms with E-state index in [9.17, 15) is 0 Å². The van der Waals surface area contributed by atoms with Gasteiger partial charge in [-0.25, -0.2) is 0 Å². The van der Waals surface area contributed by atoms with Crippen molar-refractivity contribution in [1.82, 2.24) is 4.90 Å². The monoisotopic (exact) mass is 212 g/mol. The third-order valence-corrected chi connectivity index (χ3v) is 3.99. The quantitative estimate of drug-likeness (QED) is 0.761. The summed E-state index contributed by atoms with van der Waals surface area (Å²) in [6.07, 6.45) is 4.29. The molecular weight excluding hydrogens is 188 g/mol. The summed E-state index contributed by atoms with van der Waals surface area (Å²) >= 11 is 0. The van der Waals surface area contributed by atoms with Crippen LogP contribution >= 0.6 is 0 Å². The van der Waals surface area contributed by atoms with Crippen LogP contribution in [0.2, 0.25) is 0 Å². The summed E-state index contributed by atoms with van der Waals surface area (Å²) < 4.78 is 5.68. The second-order valence-corrected chi connectivity index (χ2v) is 5.16. The topological polar surface area (TPSA) is 38.5 Å². The van der Waals surface area contributed by atoms with E-state index in [0.29, 0.717) is 12.0 Å². The Kier molecular flexibility index (Phi) is 4.00. The molecule has 0 saturated carbocycles. The fourth-order valence-corrected chi connectivity index (χ4v) is 2.77. The lowest BCUT2D eigenvalue weighted by Crippen LogP contribution is -2.45. The van der Waals surface area contributed by atoms with Crippen molar-refractivity contribution in [1.29, 1.82) is 0 Å². The zero-order valence-corrected chi connectivity index (χ0v) is 9.82. The maximum absolute atomic E-state index is 5.81. The van der Waals surface area contributed by atoms with Crippen LogP contribution in [0.4, 0.5) is 0 Å². The molecule has 2 saturated heterocycles. The first-order valence-corrected chi connectivity index (χ1v) is 6.33. The lowest BCUT2D eigenvalue weighted by atomic mass is 9.87. The van der Waals surface area contributed by atoms with Gasteiger partial charge in [0.25, 0.3) is 0 Å². The highest BCUT2D eigenvalue weighted by atomic mass is 16.5. The van der Waals surface area contributed by atoms with Crippen LogP contribution in [0.25, 0.3) is 0 Å². The van der Waals surface area contributed by atoms with Crippen LogP contribution in [0.5, 0.6) is 0 Å². The lowest BCUT2D eigenvalue weighted by molar-refractivity contribution is 0.0465. The van der Waals surface area contributed by atoms with Gasteiger partial charge >= 0.3 is 0 Å². The number of hydrogen-bond donors (Lipinski definition) is 1. The molecule has 2 N–H and O–H groups in total. The molecule has 0 aromatic heterocycles. The molecule has 0 aromatic carbocycles. The van der Waals surface area contributed by atoms with Gasteiger partial charge in [0, 0.05) is 19.7 Å². The molecule has 0 spiro atoms. The van der Waals surface area contributed by atoms with E-state index in [2.05, 4.69) is 11.8 Å². The van der Waals surface area contributed by atoms with Gasteiger partial charge in [-0.3, -0.25) is 0 Å². The Morgan fingerprint density at radius 2 is 2.27 bits per heavy atom. The second kappa shape index (κ2) is 5.28. The highest BCUT2D eigenvalue weighted by Gasteiger charge is 2.27. The van der Waals surface area contributed by atoms with Gasteiger partial charge in [-0.1, -0.05) is 6.92 Å². The van der Waals surface area contributed by atoms with Crippen LogP contribution in [-0.2, 0) is 4.74 Å². The molecule has 15 heavy (non-hydrogen) atoms. The number of nitrogens with two attached hydrogens (primary N) is 1. The molecule has 2 aliphatic heterocycles. The van der Waals surface area contributed by atoms with Crippen molar-refractivity contribution in [2.24, 2.45) is 17.6 Å². The average molecular weight is 212 g/mol. The summed E-state index contributed by atoms with van der Waals surface area (Å²) in [5, 5.41) is 0. The third-order valence-electron chi connectivity index (χ3n) is 3.99. The average Bonchev–Trinajstić information content (AvgIpc) is 2.73. The van der Waals surface area contributed by atoms with Crippen molar-refractivity contribution in [3.63, 3.8) is 0 Å². The Balaban J connectivity index is 1.78. The van der Waals surface area contributed by atoms with E-state index < -0.39 is 0 Å². The molecule has 0 radical (unpaired) electrons. The van der Waals surface area contributed by atoms with Crippen molar-refractivity contribution >= 4 is 0 Å². The molecule has 2 aliphatic rings. The Hall–Kier alpha value is -0.120. The fourth-order valence-electron chi connectivity index (χ4n) is 2.77. The highest BCUT2D eigenvalue weighted by molar-refractivity contribution is 4.81. The Bertz CT molecular complexity index is 190. The Labute approximate surface area is 93.0 Å². The van der Waals surface area contributed by atoms with Crippen LogP contribution in [0.1, 0.15) is 26.2 Å². The minimum absolute atomic E-state index is 0.497. The van der Waals surface area contributed by atoms with Gasteiger partial charge in [0.05, 0.1) is 6.10 Å². The van der Waals surface area contributed by atoms with Crippen LogP contribution < -0.4 is 5.73 Å². The smallest absolute Gasteiger partial charge is 0.0702 e. The summed E-state index contributed by atoms with van der Waals surface area (Å²) in [6, 6.07) is 0. The summed E-state index contributed by atoms with van der Waals surface area (Å²) in [7, 11) is 0. The maximum atomic E-state index is 5.81. The predicted octanol–water partition coefficient (Wildman–Crippen LogP) is 1.08. The molecule has 88 valence electrons. The van der Waals surface area contributed by atoms with Gasteiger partial charge in [0.1, 0.15) is 0 Å². The molecule has 2 fully saturated rings. The molecular formula is C12H24N2O. The number of ether oxygens (including phenoxy) is 1. The van der Waals surface area contributed by atoms with Crippen molar-refractivity contribution in [2.75, 3.05) is 32.8 Å². The molecule has 0 aliphatic carbocycles. The SMILES string of the molecule is CC1CCN(CC2CCCO2)CC1CN. The molecule has 3 unspecified atom stereocenters. The molecule has 0 aromatic rings. The third kappa shape index (κ3) is 2.92. The Morgan fingerprint density at radius 1 is 1.40 bits per heavy atom. The van der Waals surface area contributed by atoms with E-state index in [1.807, 2.05) is 0 Å². The second-order valence-electron chi connectivity index (χ2n) is 5.16. The molecule has 2 rings (SSSR count). The van der Waals surface area contributed by atoms with Gasteiger partial charge in [-0.05, 0) is 44.2 Å².